The summed E-state index contributed by atoms with van der Waals surface area (Å²) in [7, 11) is -2.70. The third-order valence-electron chi connectivity index (χ3n) is 6.71. The number of hydrogen-bond donors (Lipinski definition) is 9. The van der Waals surface area contributed by atoms with E-state index in [0.717, 1.165) is 7.69 Å². The van der Waals surface area contributed by atoms with Crippen molar-refractivity contribution in [3.63, 3.8) is 0 Å². The Hall–Kier alpha value is -3.45. The number of anilines is 2. The van der Waals surface area contributed by atoms with Crippen LogP contribution < -0.4 is 11.5 Å². The number of aromatic nitrogens is 8. The zero-order chi connectivity index (χ0) is 31.8. The van der Waals surface area contributed by atoms with Crippen LogP contribution in [0.5, 0.6) is 0 Å². The van der Waals surface area contributed by atoms with E-state index in [1.165, 1.54) is 34.4 Å². The van der Waals surface area contributed by atoms with Crippen molar-refractivity contribution in [2.75, 3.05) is 24.7 Å². The molecule has 4 aromatic rings. The predicted molar refractivity (Wildman–Crippen MR) is 143 cm³/mol. The average Bonchev–Trinajstić information content (AvgIpc) is 3.75. The van der Waals surface area contributed by atoms with E-state index >= 15 is 0 Å². The Morgan fingerprint density at radius 3 is 1.41 bits per heavy atom. The van der Waals surface area contributed by atoms with Gasteiger partial charge in [-0.1, -0.05) is 0 Å². The van der Waals surface area contributed by atoms with E-state index < -0.39 is 70.1 Å². The van der Waals surface area contributed by atoms with Crippen molar-refractivity contribution < 1.29 is 58.5 Å². The number of nitrogen functional groups attached to an aromatic ring is 2. The Morgan fingerprint density at radius 2 is 1.11 bits per heavy atom. The first-order valence-electron chi connectivity index (χ1n) is 12.6. The smallest absolute Gasteiger partial charge is 0.394 e. The standard InChI is InChI=1S/2C10H13N5O4.BHO4P/c2*11-8-5-9(13-2-12-8)15(3-14-5)10-7(18)6(17)4(1-16)19-10;2-6(3)4-1-5-6/h2*2-4,6-7,10,16-18H,1H2,(H2,11,12,13);(H,2,3)/t2*4-,6-,7-,10-;/m11./s1. The van der Waals surface area contributed by atoms with Crippen LogP contribution in [-0.2, 0) is 22.9 Å². The minimum atomic E-state index is -3.52. The van der Waals surface area contributed by atoms with E-state index in [1.807, 2.05) is 0 Å². The number of aliphatic hydroxyl groups excluding tert-OH is 6. The second kappa shape index (κ2) is 12.9. The highest BCUT2D eigenvalue weighted by Crippen LogP contribution is 2.49. The predicted octanol–water partition coefficient (Wildman–Crippen LogP) is -4.29. The van der Waals surface area contributed by atoms with Crippen molar-refractivity contribution in [3.8, 4) is 0 Å². The van der Waals surface area contributed by atoms with Crippen molar-refractivity contribution in [3.05, 3.63) is 25.3 Å². The number of hydrogen-bond acceptors (Lipinski definition) is 19. The minimum Gasteiger partial charge on any atom is -0.394 e. The number of rotatable bonds is 4. The summed E-state index contributed by atoms with van der Waals surface area (Å²) in [4.78, 5) is 31.8. The Bertz CT molecular complexity index is 1530. The normalized spacial score (nSPS) is 30.6. The van der Waals surface area contributed by atoms with Gasteiger partial charge in [0, 0.05) is 0 Å². The lowest BCUT2D eigenvalue weighted by Crippen LogP contribution is -2.33. The number of imidazole rings is 2. The Kier molecular flexibility index (Phi) is 9.36. The molecule has 1 radical (unpaired) electrons. The molecule has 11 N–H and O–H groups in total. The van der Waals surface area contributed by atoms with E-state index in [-0.39, 0.29) is 11.6 Å². The van der Waals surface area contributed by atoms with E-state index in [9.17, 15) is 25.0 Å². The molecule has 3 aliphatic rings. The monoisotopic (exact) mass is 641 g/mol. The molecule has 0 aliphatic carbocycles. The fourth-order valence-electron chi connectivity index (χ4n) is 4.45. The summed E-state index contributed by atoms with van der Waals surface area (Å²) in [5.41, 5.74) is 12.9. The van der Waals surface area contributed by atoms with E-state index in [4.69, 9.17) is 36.0 Å². The molecule has 44 heavy (non-hydrogen) atoms. The van der Waals surface area contributed by atoms with E-state index in [0.29, 0.717) is 22.3 Å². The van der Waals surface area contributed by atoms with Gasteiger partial charge in [0.2, 0.25) is 0 Å². The quantitative estimate of drug-likeness (QED) is 0.0751. The van der Waals surface area contributed by atoms with Crippen LogP contribution in [0.4, 0.5) is 11.6 Å². The molecule has 4 aromatic heterocycles. The Morgan fingerprint density at radius 1 is 0.727 bits per heavy atom. The van der Waals surface area contributed by atoms with Crippen molar-refractivity contribution in [2.45, 2.75) is 49.1 Å². The van der Waals surface area contributed by atoms with Gasteiger partial charge in [-0.15, -0.1) is 0 Å². The molecule has 0 saturated carbocycles. The van der Waals surface area contributed by atoms with Crippen LogP contribution in [0.3, 0.4) is 0 Å². The first-order chi connectivity index (χ1) is 21.0. The fraction of sp³-hybridized carbons (Fsp3) is 0.500. The molecule has 0 bridgehead atoms. The lowest BCUT2D eigenvalue weighted by molar-refractivity contribution is -0.0511. The van der Waals surface area contributed by atoms with Crippen molar-refractivity contribution in [1.82, 2.24) is 39.0 Å². The maximum absolute atomic E-state index is 9.95. The Labute approximate surface area is 246 Å². The lowest BCUT2D eigenvalue weighted by atomic mass is 10.1. The van der Waals surface area contributed by atoms with Gasteiger partial charge in [0.25, 0.3) is 0 Å². The molecule has 3 saturated heterocycles. The van der Waals surface area contributed by atoms with Gasteiger partial charge in [-0.3, -0.25) is 9.13 Å². The molecule has 0 unspecified atom stereocenters. The van der Waals surface area contributed by atoms with Crippen molar-refractivity contribution >= 4 is 49.5 Å². The van der Waals surface area contributed by atoms with Crippen LogP contribution in [0.1, 0.15) is 12.5 Å². The molecule has 24 heteroatoms. The van der Waals surface area contributed by atoms with Gasteiger partial charge in [-0.25, -0.2) is 34.5 Å². The zero-order valence-electron chi connectivity index (χ0n) is 22.3. The van der Waals surface area contributed by atoms with Gasteiger partial charge in [0.15, 0.2) is 35.4 Å². The maximum Gasteiger partial charge on any atom is 0.505 e. The van der Waals surface area contributed by atoms with Crippen molar-refractivity contribution in [1.29, 1.82) is 0 Å². The molecule has 0 amide bonds. The second-order valence-electron chi connectivity index (χ2n) is 9.40. The zero-order valence-corrected chi connectivity index (χ0v) is 23.2. The van der Waals surface area contributed by atoms with E-state index in [2.05, 4.69) is 38.8 Å². The highest BCUT2D eigenvalue weighted by molar-refractivity contribution is 7.52. The number of nitrogens with two attached hydrogens (primary N) is 2. The molecule has 0 spiro atoms. The summed E-state index contributed by atoms with van der Waals surface area (Å²) >= 11 is 0. The number of aliphatic hydroxyl groups is 6. The summed E-state index contributed by atoms with van der Waals surface area (Å²) < 4.78 is 31.2. The van der Waals surface area contributed by atoms with Crippen LogP contribution in [0.25, 0.3) is 22.3 Å². The van der Waals surface area contributed by atoms with Crippen molar-refractivity contribution in [2.24, 2.45) is 0 Å². The molecule has 3 fully saturated rings. The largest absolute Gasteiger partial charge is 0.505 e. The maximum atomic E-state index is 9.95. The topological polar surface area (TPSA) is 335 Å². The summed E-state index contributed by atoms with van der Waals surface area (Å²) in [6, 6.07) is 0. The molecular weight excluding hydrogens is 614 g/mol. The molecule has 8 atom stereocenters. The third-order valence-corrected chi connectivity index (χ3v) is 7.41. The SMILES string of the molecule is Nc1ncnc2c1ncn2[C@@H]1O[C@H](CO)[C@@H](O)[C@H]1O.Nc1ncnc2c1ncn2[C@@H]1O[C@H](CO)[C@@H](O)[C@H]1O.O=P1(O)O[B]O1. The molecule has 237 valence electrons. The van der Waals surface area contributed by atoms with Gasteiger partial charge >= 0.3 is 15.5 Å². The molecular formula is C20H27BN10O12P. The minimum absolute atomic E-state index is 0.218. The van der Waals surface area contributed by atoms with Crippen LogP contribution in [0.2, 0.25) is 0 Å². The first kappa shape index (κ1) is 32.0. The van der Waals surface area contributed by atoms with Crippen LogP contribution >= 0.6 is 7.82 Å². The first-order valence-corrected chi connectivity index (χ1v) is 14.1. The summed E-state index contributed by atoms with van der Waals surface area (Å²) in [6.45, 7) is -0.781. The molecule has 22 nitrogen and oxygen atoms in total. The summed E-state index contributed by atoms with van der Waals surface area (Å²) in [5.74, 6) is 0.436. The fourth-order valence-corrected chi connectivity index (χ4v) is 4.68. The van der Waals surface area contributed by atoms with Gasteiger partial charge in [0.05, 0.1) is 25.9 Å². The highest BCUT2D eigenvalue weighted by Gasteiger charge is 2.45. The third kappa shape index (κ3) is 6.08. The van der Waals surface area contributed by atoms with E-state index in [1.54, 1.807) is 0 Å². The number of nitrogens with zero attached hydrogens (tertiary/aromatic N) is 8. The van der Waals surface area contributed by atoms with Gasteiger partial charge in [-0.05, 0) is 0 Å². The van der Waals surface area contributed by atoms with Crippen LogP contribution in [0.15, 0.2) is 25.3 Å². The Balaban J connectivity index is 0.000000147. The molecule has 7 heterocycles. The van der Waals surface area contributed by atoms with Gasteiger partial charge < -0.3 is 65.4 Å². The van der Waals surface area contributed by atoms with Crippen LogP contribution in [0, 0.1) is 0 Å². The number of phosphoric acid groups is 1. The molecule has 3 aliphatic heterocycles. The van der Waals surface area contributed by atoms with Gasteiger partial charge in [0.1, 0.15) is 60.3 Å². The molecule has 7 rings (SSSR count). The van der Waals surface area contributed by atoms with Gasteiger partial charge in [-0.2, -0.15) is 0 Å². The van der Waals surface area contributed by atoms with Crippen LogP contribution in [-0.4, -0.2) is 132 Å². The highest BCUT2D eigenvalue weighted by atomic mass is 31.2. The lowest BCUT2D eigenvalue weighted by Gasteiger charge is -2.17. The summed E-state index contributed by atoms with van der Waals surface area (Å²) in [5, 5.41) is 57.5. The number of ether oxygens (including phenoxy) is 2. The number of fused-ring (bicyclic) bond motifs is 2. The average molecular weight is 641 g/mol. The molecule has 0 aromatic carbocycles. The second-order valence-corrected chi connectivity index (χ2v) is 10.8. The summed E-state index contributed by atoms with van der Waals surface area (Å²) in [6.07, 6.45) is -2.85.